The van der Waals surface area contributed by atoms with Crippen molar-refractivity contribution in [3.05, 3.63) is 29.8 Å². The van der Waals surface area contributed by atoms with Crippen molar-refractivity contribution in [3.63, 3.8) is 0 Å². The first-order chi connectivity index (χ1) is 7.13. The maximum absolute atomic E-state index is 10.3. The third-order valence-corrected chi connectivity index (χ3v) is 1.75. The van der Waals surface area contributed by atoms with Crippen LogP contribution < -0.4 is 11.5 Å². The Labute approximate surface area is 89.9 Å². The maximum atomic E-state index is 10.3. The number of unbranched alkanes of at least 4 members (excludes halogenated alkanes) is 1. The van der Waals surface area contributed by atoms with Crippen molar-refractivity contribution in [2.75, 3.05) is 12.3 Å². The number of para-hydroxylation sites is 1. The summed E-state index contributed by atoms with van der Waals surface area (Å²) in [5.41, 5.74) is 10.9. The summed E-state index contributed by atoms with van der Waals surface area (Å²) in [5.74, 6) is -0.988. The van der Waals surface area contributed by atoms with Crippen LogP contribution in [0.5, 0.6) is 0 Å². The number of carbonyl (C=O) groups is 1. The molecular formula is C11H18N2O2. The molecule has 0 aliphatic heterocycles. The molecular weight excluding hydrogens is 192 g/mol. The molecule has 0 bridgehead atoms. The van der Waals surface area contributed by atoms with E-state index in [1.807, 2.05) is 0 Å². The Morgan fingerprint density at radius 2 is 2.00 bits per heavy atom. The molecule has 0 fully saturated rings. The second-order valence-electron chi connectivity index (χ2n) is 3.03. The van der Waals surface area contributed by atoms with Gasteiger partial charge in [0.15, 0.2) is 0 Å². The number of aromatic carboxylic acids is 1. The zero-order valence-electron chi connectivity index (χ0n) is 8.94. The normalized spacial score (nSPS) is 8.93. The number of benzene rings is 1. The Bertz CT molecular complexity index is 298. The molecule has 1 aromatic carbocycles. The predicted octanol–water partition coefficient (Wildman–Crippen LogP) is 1.71. The lowest BCUT2D eigenvalue weighted by Crippen LogP contribution is -2.00. The molecule has 0 saturated heterocycles. The Balaban J connectivity index is 0.000000336. The topological polar surface area (TPSA) is 89.3 Å². The van der Waals surface area contributed by atoms with Crippen molar-refractivity contribution in [1.82, 2.24) is 0 Å². The number of nitrogen functional groups attached to an aromatic ring is 1. The highest BCUT2D eigenvalue weighted by Gasteiger charge is 2.03. The van der Waals surface area contributed by atoms with Crippen molar-refractivity contribution in [2.45, 2.75) is 19.8 Å². The predicted molar refractivity (Wildman–Crippen MR) is 61.8 cm³/mol. The Hall–Kier alpha value is -1.55. The molecule has 0 heterocycles. The van der Waals surface area contributed by atoms with Crippen LogP contribution >= 0.6 is 0 Å². The summed E-state index contributed by atoms with van der Waals surface area (Å²) < 4.78 is 0. The number of carboxylic acids is 1. The van der Waals surface area contributed by atoms with Gasteiger partial charge in [0.1, 0.15) is 0 Å². The van der Waals surface area contributed by atoms with Gasteiger partial charge in [-0.15, -0.1) is 0 Å². The highest BCUT2D eigenvalue weighted by molar-refractivity contribution is 5.93. The number of nitrogens with two attached hydrogens (primary N) is 2. The lowest BCUT2D eigenvalue weighted by atomic mass is 10.2. The van der Waals surface area contributed by atoms with Gasteiger partial charge < -0.3 is 16.6 Å². The molecule has 0 aliphatic rings. The monoisotopic (exact) mass is 210 g/mol. The van der Waals surface area contributed by atoms with E-state index in [9.17, 15) is 4.79 Å². The van der Waals surface area contributed by atoms with Crippen molar-refractivity contribution in [3.8, 4) is 0 Å². The minimum Gasteiger partial charge on any atom is -0.478 e. The van der Waals surface area contributed by atoms with E-state index in [1.54, 1.807) is 18.2 Å². The summed E-state index contributed by atoms with van der Waals surface area (Å²) in [4.78, 5) is 10.3. The molecule has 0 aliphatic carbocycles. The van der Waals surface area contributed by atoms with Gasteiger partial charge in [0, 0.05) is 5.69 Å². The van der Waals surface area contributed by atoms with Crippen LogP contribution in [0.3, 0.4) is 0 Å². The van der Waals surface area contributed by atoms with Crippen LogP contribution in [0.4, 0.5) is 5.69 Å². The second kappa shape index (κ2) is 7.82. The van der Waals surface area contributed by atoms with Crippen LogP contribution in [-0.4, -0.2) is 17.6 Å². The Morgan fingerprint density at radius 1 is 1.40 bits per heavy atom. The van der Waals surface area contributed by atoms with Crippen LogP contribution in [-0.2, 0) is 0 Å². The van der Waals surface area contributed by atoms with Gasteiger partial charge in [-0.1, -0.05) is 25.5 Å². The van der Waals surface area contributed by atoms with Crippen LogP contribution in [0, 0.1) is 0 Å². The SMILES string of the molecule is CCCCN.Nc1ccccc1C(=O)O. The van der Waals surface area contributed by atoms with Gasteiger partial charge in [-0.25, -0.2) is 4.79 Å². The van der Waals surface area contributed by atoms with E-state index in [0.29, 0.717) is 5.69 Å². The molecule has 0 radical (unpaired) electrons. The van der Waals surface area contributed by atoms with Crippen LogP contribution in [0.15, 0.2) is 24.3 Å². The fourth-order valence-electron chi connectivity index (χ4n) is 0.896. The standard InChI is InChI=1S/C7H7NO2.C4H11N/c8-6-4-2-1-3-5(6)7(9)10;1-2-3-4-5/h1-4H,8H2,(H,9,10);2-5H2,1H3. The molecule has 4 heteroatoms. The zero-order valence-corrected chi connectivity index (χ0v) is 8.94. The molecule has 0 spiro atoms. The minimum atomic E-state index is -0.988. The summed E-state index contributed by atoms with van der Waals surface area (Å²) in [7, 11) is 0. The van der Waals surface area contributed by atoms with Gasteiger partial charge in [0.05, 0.1) is 5.56 Å². The van der Waals surface area contributed by atoms with Crippen LogP contribution in [0.2, 0.25) is 0 Å². The molecule has 4 nitrogen and oxygen atoms in total. The van der Waals surface area contributed by atoms with Crippen molar-refractivity contribution >= 4 is 11.7 Å². The molecule has 1 aromatic rings. The average molecular weight is 210 g/mol. The fraction of sp³-hybridized carbons (Fsp3) is 0.364. The van der Waals surface area contributed by atoms with Crippen molar-refractivity contribution in [1.29, 1.82) is 0 Å². The van der Waals surface area contributed by atoms with Gasteiger partial charge >= 0.3 is 5.97 Å². The summed E-state index contributed by atoms with van der Waals surface area (Å²) in [6, 6.07) is 6.36. The Kier molecular flexibility index (Phi) is 7.01. The summed E-state index contributed by atoms with van der Waals surface area (Å²) in [5, 5.41) is 8.49. The first-order valence-electron chi connectivity index (χ1n) is 4.91. The number of anilines is 1. The molecule has 84 valence electrons. The van der Waals surface area contributed by atoms with Gasteiger partial charge in [-0.05, 0) is 25.1 Å². The third kappa shape index (κ3) is 5.70. The lowest BCUT2D eigenvalue weighted by molar-refractivity contribution is 0.0698. The number of hydrogen-bond acceptors (Lipinski definition) is 3. The molecule has 0 amide bonds. The number of carboxylic acid groups (broad SMARTS) is 1. The van der Waals surface area contributed by atoms with Gasteiger partial charge in [-0.3, -0.25) is 0 Å². The second-order valence-corrected chi connectivity index (χ2v) is 3.03. The highest BCUT2D eigenvalue weighted by Crippen LogP contribution is 2.08. The number of rotatable bonds is 3. The summed E-state index contributed by atoms with van der Waals surface area (Å²) in [6.07, 6.45) is 2.39. The molecule has 1 rings (SSSR count). The van der Waals surface area contributed by atoms with E-state index in [4.69, 9.17) is 16.6 Å². The molecule has 5 N–H and O–H groups in total. The quantitative estimate of drug-likeness (QED) is 0.662. The van der Waals surface area contributed by atoms with E-state index in [1.165, 1.54) is 18.9 Å². The van der Waals surface area contributed by atoms with Gasteiger partial charge in [-0.2, -0.15) is 0 Å². The maximum Gasteiger partial charge on any atom is 0.337 e. The Morgan fingerprint density at radius 3 is 2.27 bits per heavy atom. The average Bonchev–Trinajstić information content (AvgIpc) is 2.20. The molecule has 0 aromatic heterocycles. The summed E-state index contributed by atoms with van der Waals surface area (Å²) in [6.45, 7) is 2.98. The molecule has 0 atom stereocenters. The van der Waals surface area contributed by atoms with E-state index < -0.39 is 5.97 Å². The van der Waals surface area contributed by atoms with Crippen molar-refractivity contribution in [2.24, 2.45) is 5.73 Å². The molecule has 0 saturated carbocycles. The zero-order chi connectivity index (χ0) is 11.7. The van der Waals surface area contributed by atoms with Crippen molar-refractivity contribution < 1.29 is 9.90 Å². The summed E-state index contributed by atoms with van der Waals surface area (Å²) >= 11 is 0. The van der Waals surface area contributed by atoms with Crippen LogP contribution in [0.1, 0.15) is 30.1 Å². The van der Waals surface area contributed by atoms with E-state index >= 15 is 0 Å². The van der Waals surface area contributed by atoms with E-state index in [-0.39, 0.29) is 5.56 Å². The molecule has 15 heavy (non-hydrogen) atoms. The first-order valence-corrected chi connectivity index (χ1v) is 4.91. The lowest BCUT2D eigenvalue weighted by Gasteiger charge is -1.96. The van der Waals surface area contributed by atoms with Gasteiger partial charge in [0.25, 0.3) is 0 Å². The van der Waals surface area contributed by atoms with E-state index in [0.717, 1.165) is 6.54 Å². The molecule has 0 unspecified atom stereocenters. The van der Waals surface area contributed by atoms with E-state index in [2.05, 4.69) is 6.92 Å². The number of hydrogen-bond donors (Lipinski definition) is 3. The first kappa shape index (κ1) is 13.4. The minimum absolute atomic E-state index is 0.155. The smallest absolute Gasteiger partial charge is 0.337 e. The fourth-order valence-corrected chi connectivity index (χ4v) is 0.896. The third-order valence-electron chi connectivity index (χ3n) is 1.75. The highest BCUT2D eigenvalue weighted by atomic mass is 16.4. The van der Waals surface area contributed by atoms with Crippen LogP contribution in [0.25, 0.3) is 0 Å². The van der Waals surface area contributed by atoms with Gasteiger partial charge in [0.2, 0.25) is 0 Å². The largest absolute Gasteiger partial charge is 0.478 e.